The second kappa shape index (κ2) is 7.10. The van der Waals surface area contributed by atoms with Gasteiger partial charge < -0.3 is 10.6 Å². The van der Waals surface area contributed by atoms with Gasteiger partial charge in [-0.05, 0) is 36.8 Å². The van der Waals surface area contributed by atoms with E-state index in [0.717, 1.165) is 16.9 Å². The first-order valence-electron chi connectivity index (χ1n) is 7.33. The van der Waals surface area contributed by atoms with Gasteiger partial charge in [-0.15, -0.1) is 0 Å². The molecule has 0 aliphatic carbocycles. The standard InChI is InChI=1S/C18H15ClN4O/c1-12-5-2-3-8-15(12)23-18(24)16-10-21-17(11-20-16)22-14-7-4-6-13(19)9-14/h2-11H,1H3,(H,21,22)(H,23,24). The van der Waals surface area contributed by atoms with E-state index in [2.05, 4.69) is 20.6 Å². The van der Waals surface area contributed by atoms with Gasteiger partial charge in [-0.25, -0.2) is 9.97 Å². The molecule has 0 unspecified atom stereocenters. The summed E-state index contributed by atoms with van der Waals surface area (Å²) in [5.74, 6) is 0.232. The van der Waals surface area contributed by atoms with Crippen LogP contribution in [0.3, 0.4) is 0 Å². The van der Waals surface area contributed by atoms with Gasteiger partial charge in [-0.1, -0.05) is 35.9 Å². The molecule has 6 heteroatoms. The molecule has 0 aliphatic rings. The number of benzene rings is 2. The van der Waals surface area contributed by atoms with Gasteiger partial charge in [-0.2, -0.15) is 0 Å². The van der Waals surface area contributed by atoms with Crippen LogP contribution in [0, 0.1) is 6.92 Å². The number of aromatic nitrogens is 2. The number of hydrogen-bond acceptors (Lipinski definition) is 4. The van der Waals surface area contributed by atoms with E-state index in [9.17, 15) is 4.79 Å². The Morgan fingerprint density at radius 2 is 1.88 bits per heavy atom. The van der Waals surface area contributed by atoms with Crippen molar-refractivity contribution in [1.82, 2.24) is 9.97 Å². The summed E-state index contributed by atoms with van der Waals surface area (Å²) in [4.78, 5) is 20.6. The molecule has 0 radical (unpaired) electrons. The summed E-state index contributed by atoms with van der Waals surface area (Å²) in [7, 11) is 0. The minimum atomic E-state index is -0.300. The first-order chi connectivity index (χ1) is 11.6. The van der Waals surface area contributed by atoms with Crippen LogP contribution in [-0.2, 0) is 0 Å². The predicted octanol–water partition coefficient (Wildman–Crippen LogP) is 4.43. The molecule has 5 nitrogen and oxygen atoms in total. The Kier molecular flexibility index (Phi) is 4.72. The van der Waals surface area contributed by atoms with Crippen LogP contribution in [0.4, 0.5) is 17.2 Å². The van der Waals surface area contributed by atoms with Crippen LogP contribution >= 0.6 is 11.6 Å². The van der Waals surface area contributed by atoms with Crippen molar-refractivity contribution in [2.24, 2.45) is 0 Å². The zero-order chi connectivity index (χ0) is 16.9. The maximum atomic E-state index is 12.2. The summed E-state index contributed by atoms with van der Waals surface area (Å²) in [5, 5.41) is 6.53. The summed E-state index contributed by atoms with van der Waals surface area (Å²) < 4.78 is 0. The topological polar surface area (TPSA) is 66.9 Å². The Bertz CT molecular complexity index is 865. The third-order valence-electron chi connectivity index (χ3n) is 3.37. The summed E-state index contributed by atoms with van der Waals surface area (Å²) in [6.07, 6.45) is 2.94. The van der Waals surface area contributed by atoms with Crippen molar-refractivity contribution >= 4 is 34.7 Å². The highest BCUT2D eigenvalue weighted by Crippen LogP contribution is 2.18. The van der Waals surface area contributed by atoms with E-state index in [1.165, 1.54) is 12.4 Å². The van der Waals surface area contributed by atoms with E-state index in [0.29, 0.717) is 10.8 Å². The van der Waals surface area contributed by atoms with Crippen molar-refractivity contribution in [2.45, 2.75) is 6.92 Å². The first kappa shape index (κ1) is 16.0. The molecule has 1 heterocycles. The molecular formula is C18H15ClN4O. The van der Waals surface area contributed by atoms with Gasteiger partial charge in [0.15, 0.2) is 0 Å². The smallest absolute Gasteiger partial charge is 0.275 e. The van der Waals surface area contributed by atoms with Gasteiger partial charge in [0.1, 0.15) is 11.5 Å². The number of anilines is 3. The molecule has 3 aromatic rings. The number of nitrogens with zero attached hydrogens (tertiary/aromatic N) is 2. The molecule has 120 valence electrons. The fourth-order valence-electron chi connectivity index (χ4n) is 2.12. The molecule has 0 bridgehead atoms. The Hall–Kier alpha value is -2.92. The highest BCUT2D eigenvalue weighted by molar-refractivity contribution is 6.30. The van der Waals surface area contributed by atoms with Gasteiger partial charge in [0.2, 0.25) is 0 Å². The molecule has 2 N–H and O–H groups in total. The fourth-order valence-corrected chi connectivity index (χ4v) is 2.31. The third kappa shape index (κ3) is 3.88. The largest absolute Gasteiger partial charge is 0.339 e. The van der Waals surface area contributed by atoms with Crippen LogP contribution in [0.25, 0.3) is 0 Å². The van der Waals surface area contributed by atoms with Crippen molar-refractivity contribution in [3.8, 4) is 0 Å². The molecule has 0 fully saturated rings. The number of halogens is 1. The Morgan fingerprint density at radius 1 is 1.04 bits per heavy atom. The van der Waals surface area contributed by atoms with Crippen molar-refractivity contribution in [2.75, 3.05) is 10.6 Å². The molecule has 1 aromatic heterocycles. The highest BCUT2D eigenvalue weighted by atomic mass is 35.5. The van der Waals surface area contributed by atoms with Crippen LogP contribution in [0.15, 0.2) is 60.9 Å². The van der Waals surface area contributed by atoms with Gasteiger partial charge >= 0.3 is 0 Å². The monoisotopic (exact) mass is 338 g/mol. The molecule has 0 saturated heterocycles. The second-order valence-electron chi connectivity index (χ2n) is 5.19. The summed E-state index contributed by atoms with van der Waals surface area (Å²) >= 11 is 5.94. The highest BCUT2D eigenvalue weighted by Gasteiger charge is 2.09. The fraction of sp³-hybridized carbons (Fsp3) is 0.0556. The van der Waals surface area contributed by atoms with E-state index in [4.69, 9.17) is 11.6 Å². The lowest BCUT2D eigenvalue weighted by Crippen LogP contribution is -2.15. The molecule has 0 spiro atoms. The lowest BCUT2D eigenvalue weighted by molar-refractivity contribution is 0.102. The summed E-state index contributed by atoms with van der Waals surface area (Å²) in [6.45, 7) is 1.93. The normalized spacial score (nSPS) is 10.2. The zero-order valence-electron chi connectivity index (χ0n) is 13.0. The first-order valence-corrected chi connectivity index (χ1v) is 7.71. The van der Waals surface area contributed by atoms with Gasteiger partial charge in [0.25, 0.3) is 5.91 Å². The second-order valence-corrected chi connectivity index (χ2v) is 5.63. The Morgan fingerprint density at radius 3 is 2.58 bits per heavy atom. The lowest BCUT2D eigenvalue weighted by Gasteiger charge is -2.08. The number of carbonyl (C=O) groups excluding carboxylic acids is 1. The van der Waals surface area contributed by atoms with Crippen LogP contribution in [-0.4, -0.2) is 15.9 Å². The van der Waals surface area contributed by atoms with E-state index >= 15 is 0 Å². The molecule has 0 atom stereocenters. The number of rotatable bonds is 4. The lowest BCUT2D eigenvalue weighted by atomic mass is 10.2. The molecule has 0 saturated carbocycles. The molecule has 3 rings (SSSR count). The minimum absolute atomic E-state index is 0.245. The number of amides is 1. The van der Waals surface area contributed by atoms with Gasteiger partial charge in [-0.3, -0.25) is 4.79 Å². The number of carbonyl (C=O) groups is 1. The Balaban J connectivity index is 1.70. The average molecular weight is 339 g/mol. The van der Waals surface area contributed by atoms with Crippen molar-refractivity contribution < 1.29 is 4.79 Å². The van der Waals surface area contributed by atoms with Crippen molar-refractivity contribution in [3.05, 3.63) is 77.2 Å². The van der Waals surface area contributed by atoms with E-state index in [1.54, 1.807) is 12.1 Å². The van der Waals surface area contributed by atoms with Gasteiger partial charge in [0.05, 0.1) is 12.4 Å². The maximum absolute atomic E-state index is 12.2. The quantitative estimate of drug-likeness (QED) is 0.738. The molecule has 1 amide bonds. The summed E-state index contributed by atoms with van der Waals surface area (Å²) in [6, 6.07) is 14.8. The third-order valence-corrected chi connectivity index (χ3v) is 3.61. The molecule has 2 aromatic carbocycles. The average Bonchev–Trinajstić information content (AvgIpc) is 2.57. The van der Waals surface area contributed by atoms with Gasteiger partial charge in [0, 0.05) is 16.4 Å². The number of para-hydroxylation sites is 1. The van der Waals surface area contributed by atoms with Crippen molar-refractivity contribution in [3.63, 3.8) is 0 Å². The van der Waals surface area contributed by atoms with Crippen molar-refractivity contribution in [1.29, 1.82) is 0 Å². The van der Waals surface area contributed by atoms with E-state index in [1.807, 2.05) is 43.3 Å². The van der Waals surface area contributed by atoms with Crippen LogP contribution in [0.1, 0.15) is 16.1 Å². The van der Waals surface area contributed by atoms with Crippen LogP contribution in [0.5, 0.6) is 0 Å². The van der Waals surface area contributed by atoms with E-state index in [-0.39, 0.29) is 11.6 Å². The number of aryl methyl sites for hydroxylation is 1. The SMILES string of the molecule is Cc1ccccc1NC(=O)c1cnc(Nc2cccc(Cl)c2)cn1. The number of hydrogen-bond donors (Lipinski definition) is 2. The predicted molar refractivity (Wildman–Crippen MR) is 95.9 cm³/mol. The minimum Gasteiger partial charge on any atom is -0.339 e. The summed E-state index contributed by atoms with van der Waals surface area (Å²) in [5.41, 5.74) is 2.78. The van der Waals surface area contributed by atoms with Crippen LogP contribution in [0.2, 0.25) is 5.02 Å². The number of nitrogens with one attached hydrogen (secondary N) is 2. The maximum Gasteiger partial charge on any atom is 0.275 e. The molecule has 0 aliphatic heterocycles. The molecular weight excluding hydrogens is 324 g/mol. The molecule has 24 heavy (non-hydrogen) atoms. The zero-order valence-corrected chi connectivity index (χ0v) is 13.7. The van der Waals surface area contributed by atoms with Crippen LogP contribution < -0.4 is 10.6 Å². The Labute approximate surface area is 144 Å². The van der Waals surface area contributed by atoms with E-state index < -0.39 is 0 Å².